The zero-order valence-electron chi connectivity index (χ0n) is 18.6. The summed E-state index contributed by atoms with van der Waals surface area (Å²) in [6, 6.07) is 16.6. The number of carbonyl (C=O) groups excluding carboxylic acids is 2. The number of benzene rings is 2. The van der Waals surface area contributed by atoms with Gasteiger partial charge in [-0.05, 0) is 34.6 Å². The van der Waals surface area contributed by atoms with Crippen LogP contribution in [0.1, 0.15) is 40.9 Å². The summed E-state index contributed by atoms with van der Waals surface area (Å²) in [6.07, 6.45) is 1.14. The van der Waals surface area contributed by atoms with Crippen molar-refractivity contribution >= 4 is 23.7 Å². The molecule has 1 aliphatic heterocycles. The Bertz CT molecular complexity index is 1220. The van der Waals surface area contributed by atoms with Crippen molar-refractivity contribution in [2.24, 2.45) is 5.92 Å². The smallest absolute Gasteiger partial charge is 0.411 e. The van der Waals surface area contributed by atoms with E-state index >= 15 is 0 Å². The lowest BCUT2D eigenvalue weighted by Crippen LogP contribution is -2.42. The molecule has 1 saturated heterocycles. The molecule has 1 aliphatic carbocycles. The highest BCUT2D eigenvalue weighted by Gasteiger charge is 2.41. The maximum Gasteiger partial charge on any atom is 0.411 e. The van der Waals surface area contributed by atoms with E-state index in [1.54, 1.807) is 6.92 Å². The number of hydrogen-bond acceptors (Lipinski definition) is 5. The molecule has 0 saturated carbocycles. The Morgan fingerprint density at radius 3 is 2.35 bits per heavy atom. The Morgan fingerprint density at radius 1 is 1.06 bits per heavy atom. The molecule has 0 bridgehead atoms. The number of aliphatic carboxylic acids is 1. The normalized spacial score (nSPS) is 18.9. The number of furan rings is 1. The highest BCUT2D eigenvalue weighted by molar-refractivity contribution is 6.02. The molecule has 0 spiro atoms. The van der Waals surface area contributed by atoms with Crippen LogP contribution < -0.4 is 5.32 Å². The summed E-state index contributed by atoms with van der Waals surface area (Å²) < 4.78 is 10.9. The van der Waals surface area contributed by atoms with Crippen LogP contribution in [0.25, 0.3) is 11.1 Å². The number of ether oxygens (including phenoxy) is 1. The number of carboxylic acid groups (broad SMARTS) is 1. The number of hydrogen-bond donors (Lipinski definition) is 2. The second-order valence-electron chi connectivity index (χ2n) is 8.66. The van der Waals surface area contributed by atoms with Crippen molar-refractivity contribution < 1.29 is 28.6 Å². The number of nitrogens with one attached hydrogen (secondary N) is 1. The van der Waals surface area contributed by atoms with E-state index in [1.165, 1.54) is 17.2 Å². The van der Waals surface area contributed by atoms with E-state index in [0.717, 1.165) is 22.3 Å². The molecule has 2 heterocycles. The molecular formula is C26H24N2O6. The van der Waals surface area contributed by atoms with E-state index in [0.29, 0.717) is 13.0 Å². The average Bonchev–Trinajstić information content (AvgIpc) is 3.53. The average molecular weight is 460 g/mol. The highest BCUT2D eigenvalue weighted by Crippen LogP contribution is 2.44. The van der Waals surface area contributed by atoms with Crippen LogP contribution in [0.5, 0.6) is 0 Å². The minimum Gasteiger partial charge on any atom is -0.480 e. The molecule has 2 N–H and O–H groups in total. The summed E-state index contributed by atoms with van der Waals surface area (Å²) >= 11 is 0. The van der Waals surface area contributed by atoms with Crippen LogP contribution in [0.4, 0.5) is 10.5 Å². The van der Waals surface area contributed by atoms with Gasteiger partial charge < -0.3 is 19.2 Å². The van der Waals surface area contributed by atoms with Gasteiger partial charge in [0.25, 0.3) is 5.91 Å². The predicted octanol–water partition coefficient (Wildman–Crippen LogP) is 4.58. The van der Waals surface area contributed by atoms with Gasteiger partial charge in [-0.3, -0.25) is 10.1 Å². The van der Waals surface area contributed by atoms with Gasteiger partial charge in [-0.25, -0.2) is 9.59 Å². The molecule has 2 aliphatic rings. The third-order valence-corrected chi connectivity index (χ3v) is 6.65. The van der Waals surface area contributed by atoms with Gasteiger partial charge in [0.05, 0.1) is 12.0 Å². The molecule has 5 rings (SSSR count). The molecule has 174 valence electrons. The fraction of sp³-hybridized carbons (Fsp3) is 0.269. The summed E-state index contributed by atoms with van der Waals surface area (Å²) in [4.78, 5) is 38.5. The topological polar surface area (TPSA) is 109 Å². The van der Waals surface area contributed by atoms with Crippen molar-refractivity contribution in [2.75, 3.05) is 18.5 Å². The quantitative estimate of drug-likeness (QED) is 0.577. The summed E-state index contributed by atoms with van der Waals surface area (Å²) in [5.41, 5.74) is 4.59. The molecule has 1 aromatic heterocycles. The number of rotatable bonds is 5. The minimum absolute atomic E-state index is 0.0917. The van der Waals surface area contributed by atoms with Crippen molar-refractivity contribution in [2.45, 2.75) is 25.3 Å². The first kappa shape index (κ1) is 21.8. The van der Waals surface area contributed by atoms with Gasteiger partial charge in [0.1, 0.15) is 12.6 Å². The summed E-state index contributed by atoms with van der Waals surface area (Å²) in [6.45, 7) is 2.23. The first-order valence-electron chi connectivity index (χ1n) is 11.2. The molecular weight excluding hydrogens is 436 g/mol. The molecule has 8 nitrogen and oxygen atoms in total. The van der Waals surface area contributed by atoms with E-state index in [4.69, 9.17) is 9.15 Å². The maximum absolute atomic E-state index is 13.0. The molecule has 2 aromatic carbocycles. The van der Waals surface area contributed by atoms with Gasteiger partial charge in [-0.15, -0.1) is 0 Å². The first-order chi connectivity index (χ1) is 16.5. The molecule has 2 atom stereocenters. The lowest BCUT2D eigenvalue weighted by atomic mass is 9.98. The standard InChI is InChI=1S/C26H24N2O6/c1-15-10-12-28(22(15)25(30)31)24(29)23-21(11-13-33-23)27-26(32)34-14-20-18-8-4-2-6-16(18)17-7-3-5-9-19(17)20/h2-9,11,13,15,20,22H,10,12,14H2,1H3,(H,27,32)(H,30,31). The predicted molar refractivity (Wildman–Crippen MR) is 124 cm³/mol. The fourth-order valence-corrected chi connectivity index (χ4v) is 5.00. The van der Waals surface area contributed by atoms with Crippen molar-refractivity contribution in [3.8, 4) is 11.1 Å². The molecule has 8 heteroatoms. The zero-order chi connectivity index (χ0) is 23.8. The molecule has 2 unspecified atom stereocenters. The minimum atomic E-state index is -1.06. The lowest BCUT2D eigenvalue weighted by molar-refractivity contribution is -0.142. The molecule has 2 amide bonds. The number of nitrogens with zero attached hydrogens (tertiary/aromatic N) is 1. The van der Waals surface area contributed by atoms with Gasteiger partial charge in [0.15, 0.2) is 0 Å². The Morgan fingerprint density at radius 2 is 1.71 bits per heavy atom. The second-order valence-corrected chi connectivity index (χ2v) is 8.66. The Hall–Kier alpha value is -4.07. The van der Waals surface area contributed by atoms with Crippen LogP contribution in [0, 0.1) is 5.92 Å². The number of anilines is 1. The van der Waals surface area contributed by atoms with E-state index < -0.39 is 24.0 Å². The van der Waals surface area contributed by atoms with Crippen LogP contribution in [-0.4, -0.2) is 47.2 Å². The van der Waals surface area contributed by atoms with Gasteiger partial charge >= 0.3 is 12.1 Å². The van der Waals surface area contributed by atoms with Crippen molar-refractivity contribution in [3.05, 3.63) is 77.7 Å². The maximum atomic E-state index is 13.0. The van der Waals surface area contributed by atoms with Crippen LogP contribution in [0.3, 0.4) is 0 Å². The summed E-state index contributed by atoms with van der Waals surface area (Å²) in [7, 11) is 0. The summed E-state index contributed by atoms with van der Waals surface area (Å²) in [5, 5.41) is 12.1. The van der Waals surface area contributed by atoms with Crippen LogP contribution in [-0.2, 0) is 9.53 Å². The van der Waals surface area contributed by atoms with E-state index in [1.807, 2.05) is 36.4 Å². The first-order valence-corrected chi connectivity index (χ1v) is 11.2. The van der Waals surface area contributed by atoms with Gasteiger partial charge in [0.2, 0.25) is 5.76 Å². The molecule has 1 fully saturated rings. The van der Waals surface area contributed by atoms with Crippen LogP contribution in [0.2, 0.25) is 0 Å². The monoisotopic (exact) mass is 460 g/mol. The van der Waals surface area contributed by atoms with Crippen molar-refractivity contribution in [1.29, 1.82) is 0 Å². The van der Waals surface area contributed by atoms with Gasteiger partial charge in [0, 0.05) is 18.5 Å². The van der Waals surface area contributed by atoms with Gasteiger partial charge in [-0.2, -0.15) is 0 Å². The van der Waals surface area contributed by atoms with Crippen LogP contribution >= 0.6 is 0 Å². The molecule has 34 heavy (non-hydrogen) atoms. The zero-order valence-corrected chi connectivity index (χ0v) is 18.6. The van der Waals surface area contributed by atoms with E-state index in [9.17, 15) is 19.5 Å². The third kappa shape index (κ3) is 3.71. The SMILES string of the molecule is CC1CCN(C(=O)c2occc2NC(=O)OCC2c3ccccc3-c3ccccc32)C1C(=O)O. The number of carboxylic acids is 1. The molecule has 3 aromatic rings. The number of amides is 2. The Labute approximate surface area is 196 Å². The number of likely N-dealkylation sites (tertiary alicyclic amines) is 1. The fourth-order valence-electron chi connectivity index (χ4n) is 5.00. The van der Waals surface area contributed by atoms with Crippen molar-refractivity contribution in [3.63, 3.8) is 0 Å². The van der Waals surface area contributed by atoms with Crippen LogP contribution in [0.15, 0.2) is 65.3 Å². The Balaban J connectivity index is 1.28. The Kier molecular flexibility index (Phi) is 5.57. The number of fused-ring (bicyclic) bond motifs is 3. The third-order valence-electron chi connectivity index (χ3n) is 6.65. The van der Waals surface area contributed by atoms with E-state index in [2.05, 4.69) is 17.4 Å². The lowest BCUT2D eigenvalue weighted by Gasteiger charge is -2.22. The second kappa shape index (κ2) is 8.70. The highest BCUT2D eigenvalue weighted by atomic mass is 16.5. The largest absolute Gasteiger partial charge is 0.480 e. The van der Waals surface area contributed by atoms with Gasteiger partial charge in [-0.1, -0.05) is 55.5 Å². The van der Waals surface area contributed by atoms with E-state index in [-0.39, 0.29) is 29.9 Å². The molecule has 0 radical (unpaired) electrons. The number of carbonyl (C=O) groups is 3. The summed E-state index contributed by atoms with van der Waals surface area (Å²) in [5.74, 6) is -2.01. The van der Waals surface area contributed by atoms with Crippen molar-refractivity contribution in [1.82, 2.24) is 4.90 Å².